The Morgan fingerprint density at radius 1 is 1.34 bits per heavy atom. The number of hydrogen-bond donors (Lipinski definition) is 2. The van der Waals surface area contributed by atoms with Crippen LogP contribution in [0.15, 0.2) is 23.2 Å². The van der Waals surface area contributed by atoms with Crippen LogP contribution in [0.1, 0.15) is 55.9 Å². The van der Waals surface area contributed by atoms with Gasteiger partial charge < -0.3 is 19.9 Å². The minimum atomic E-state index is -0.324. The molecule has 0 radical (unpaired) electrons. The van der Waals surface area contributed by atoms with Gasteiger partial charge in [-0.25, -0.2) is 4.39 Å². The Balaban J connectivity index is 1.33. The molecule has 2 heterocycles. The van der Waals surface area contributed by atoms with Crippen molar-refractivity contribution in [1.29, 1.82) is 0 Å². The Bertz CT molecular complexity index is 876. The normalized spacial score (nSPS) is 17.6. The van der Waals surface area contributed by atoms with Gasteiger partial charge in [0.2, 0.25) is 0 Å². The minimum Gasteiger partial charge on any atom is -0.490 e. The Kier molecular flexibility index (Phi) is 5.97. The molecule has 1 unspecified atom stereocenters. The average Bonchev–Trinajstić information content (AvgIpc) is 3.48. The maximum absolute atomic E-state index is 14.4. The number of aryl methyl sites for hydroxylation is 1. The Hall–Kier alpha value is -2.64. The van der Waals surface area contributed by atoms with Crippen molar-refractivity contribution in [2.24, 2.45) is 10.9 Å². The monoisotopic (exact) mass is 400 g/mol. The lowest BCUT2D eigenvalue weighted by atomic mass is 10.1. The highest BCUT2D eigenvalue weighted by molar-refractivity contribution is 5.80. The molecule has 1 atom stereocenters. The number of nitrogens with zero attached hydrogens (tertiary/aromatic N) is 4. The molecule has 156 valence electrons. The van der Waals surface area contributed by atoms with Gasteiger partial charge in [0, 0.05) is 20.0 Å². The van der Waals surface area contributed by atoms with Crippen molar-refractivity contribution in [2.45, 2.75) is 58.2 Å². The Morgan fingerprint density at radius 2 is 2.21 bits per heavy atom. The second-order valence-corrected chi connectivity index (χ2v) is 7.88. The SMILES string of the molecule is CN=C(NCc1nnc2n1CCCC2)NC(C)c1ccc(OCC2CC2)c(F)c1. The van der Waals surface area contributed by atoms with Crippen LogP contribution >= 0.6 is 0 Å². The van der Waals surface area contributed by atoms with Crippen LogP contribution in [-0.2, 0) is 19.5 Å². The van der Waals surface area contributed by atoms with Gasteiger partial charge in [-0.15, -0.1) is 10.2 Å². The van der Waals surface area contributed by atoms with Crippen molar-refractivity contribution in [2.75, 3.05) is 13.7 Å². The molecule has 1 saturated carbocycles. The first-order valence-corrected chi connectivity index (χ1v) is 10.4. The average molecular weight is 401 g/mol. The highest BCUT2D eigenvalue weighted by atomic mass is 19.1. The van der Waals surface area contributed by atoms with Crippen molar-refractivity contribution < 1.29 is 9.13 Å². The number of benzene rings is 1. The van der Waals surface area contributed by atoms with Crippen LogP contribution in [0.5, 0.6) is 5.75 Å². The molecule has 2 N–H and O–H groups in total. The maximum Gasteiger partial charge on any atom is 0.191 e. The fraction of sp³-hybridized carbons (Fsp3) is 0.571. The quantitative estimate of drug-likeness (QED) is 0.552. The highest BCUT2D eigenvalue weighted by Gasteiger charge is 2.22. The number of halogens is 1. The molecule has 1 aliphatic heterocycles. The van der Waals surface area contributed by atoms with Gasteiger partial charge in [-0.2, -0.15) is 0 Å². The van der Waals surface area contributed by atoms with E-state index in [4.69, 9.17) is 4.74 Å². The van der Waals surface area contributed by atoms with Gasteiger partial charge in [0.1, 0.15) is 5.82 Å². The van der Waals surface area contributed by atoms with Crippen LogP contribution in [0.25, 0.3) is 0 Å². The number of nitrogens with one attached hydrogen (secondary N) is 2. The predicted molar refractivity (Wildman–Crippen MR) is 109 cm³/mol. The Morgan fingerprint density at radius 3 is 2.97 bits per heavy atom. The molecule has 4 rings (SSSR count). The molecule has 8 heteroatoms. The van der Waals surface area contributed by atoms with Gasteiger partial charge in [-0.05, 0) is 56.2 Å². The zero-order chi connectivity index (χ0) is 20.2. The summed E-state index contributed by atoms with van der Waals surface area (Å²) in [5, 5.41) is 15.2. The first-order valence-electron chi connectivity index (χ1n) is 10.4. The molecule has 0 bridgehead atoms. The summed E-state index contributed by atoms with van der Waals surface area (Å²) in [4.78, 5) is 4.28. The van der Waals surface area contributed by atoms with E-state index in [1.165, 1.54) is 25.3 Å². The smallest absolute Gasteiger partial charge is 0.191 e. The summed E-state index contributed by atoms with van der Waals surface area (Å²) < 4.78 is 22.1. The van der Waals surface area contributed by atoms with Crippen LogP contribution in [0, 0.1) is 11.7 Å². The first kappa shape index (κ1) is 19.7. The van der Waals surface area contributed by atoms with E-state index in [0.717, 1.165) is 36.6 Å². The summed E-state index contributed by atoms with van der Waals surface area (Å²) in [5.74, 6) is 3.21. The number of aromatic nitrogens is 3. The van der Waals surface area contributed by atoms with Gasteiger partial charge in [-0.1, -0.05) is 6.07 Å². The summed E-state index contributed by atoms with van der Waals surface area (Å²) in [6.45, 7) is 4.09. The third-order valence-corrected chi connectivity index (χ3v) is 5.55. The van der Waals surface area contributed by atoms with E-state index >= 15 is 0 Å². The third kappa shape index (κ3) is 4.86. The predicted octanol–water partition coefficient (Wildman–Crippen LogP) is 2.97. The van der Waals surface area contributed by atoms with E-state index in [-0.39, 0.29) is 11.9 Å². The second-order valence-electron chi connectivity index (χ2n) is 7.88. The lowest BCUT2D eigenvalue weighted by Gasteiger charge is -2.19. The second kappa shape index (κ2) is 8.80. The molecule has 1 aromatic heterocycles. The van der Waals surface area contributed by atoms with Crippen LogP contribution in [-0.4, -0.2) is 34.4 Å². The standard InChI is InChI=1S/C21H29FN6O/c1-14(16-8-9-18(17(22)11-16)29-13-15-6-7-15)25-21(23-2)24-12-20-27-26-19-5-3-4-10-28(19)20/h8-9,11,14-15H,3-7,10,12-13H2,1-2H3,(H2,23,24,25). The van der Waals surface area contributed by atoms with E-state index in [9.17, 15) is 4.39 Å². The number of rotatable bonds is 7. The van der Waals surface area contributed by atoms with E-state index < -0.39 is 0 Å². The van der Waals surface area contributed by atoms with E-state index in [0.29, 0.717) is 30.8 Å². The molecular formula is C21H29FN6O. The third-order valence-electron chi connectivity index (χ3n) is 5.55. The van der Waals surface area contributed by atoms with Crippen LogP contribution in [0.4, 0.5) is 4.39 Å². The summed E-state index contributed by atoms with van der Waals surface area (Å²) in [5.41, 5.74) is 0.837. The summed E-state index contributed by atoms with van der Waals surface area (Å²) in [6.07, 6.45) is 5.69. The first-order chi connectivity index (χ1) is 14.1. The molecule has 2 aromatic rings. The van der Waals surface area contributed by atoms with Crippen molar-refractivity contribution in [3.63, 3.8) is 0 Å². The van der Waals surface area contributed by atoms with Crippen molar-refractivity contribution in [3.8, 4) is 5.75 Å². The molecular weight excluding hydrogens is 371 g/mol. The van der Waals surface area contributed by atoms with Crippen LogP contribution < -0.4 is 15.4 Å². The largest absolute Gasteiger partial charge is 0.490 e. The van der Waals surface area contributed by atoms with Gasteiger partial charge in [-0.3, -0.25) is 4.99 Å². The number of aliphatic imine (C=N–C) groups is 1. The number of guanidine groups is 1. The maximum atomic E-state index is 14.4. The van der Waals surface area contributed by atoms with Gasteiger partial charge in [0.15, 0.2) is 23.4 Å². The van der Waals surface area contributed by atoms with Crippen LogP contribution in [0.3, 0.4) is 0 Å². The molecule has 1 fully saturated rings. The fourth-order valence-electron chi connectivity index (χ4n) is 3.54. The Labute approximate surface area is 170 Å². The lowest BCUT2D eigenvalue weighted by Crippen LogP contribution is -2.39. The molecule has 1 aliphatic carbocycles. The lowest BCUT2D eigenvalue weighted by molar-refractivity contribution is 0.285. The zero-order valence-electron chi connectivity index (χ0n) is 17.1. The van der Waals surface area contributed by atoms with Crippen molar-refractivity contribution in [1.82, 2.24) is 25.4 Å². The molecule has 29 heavy (non-hydrogen) atoms. The molecule has 0 amide bonds. The van der Waals surface area contributed by atoms with Gasteiger partial charge in [0.05, 0.1) is 19.2 Å². The van der Waals surface area contributed by atoms with Gasteiger partial charge >= 0.3 is 0 Å². The minimum absolute atomic E-state index is 0.111. The zero-order valence-corrected chi connectivity index (χ0v) is 17.1. The van der Waals surface area contributed by atoms with E-state index in [2.05, 4.69) is 30.4 Å². The number of hydrogen-bond acceptors (Lipinski definition) is 4. The number of ether oxygens (including phenoxy) is 1. The van der Waals surface area contributed by atoms with E-state index in [1.54, 1.807) is 13.1 Å². The molecule has 7 nitrogen and oxygen atoms in total. The fourth-order valence-corrected chi connectivity index (χ4v) is 3.54. The van der Waals surface area contributed by atoms with Crippen molar-refractivity contribution in [3.05, 3.63) is 41.2 Å². The highest BCUT2D eigenvalue weighted by Crippen LogP contribution is 2.30. The number of fused-ring (bicyclic) bond motifs is 1. The molecule has 1 aromatic carbocycles. The topological polar surface area (TPSA) is 76.4 Å². The summed E-state index contributed by atoms with van der Waals surface area (Å²) in [7, 11) is 1.72. The van der Waals surface area contributed by atoms with E-state index in [1.807, 2.05) is 13.0 Å². The molecule has 0 spiro atoms. The summed E-state index contributed by atoms with van der Waals surface area (Å²) >= 11 is 0. The van der Waals surface area contributed by atoms with Crippen LogP contribution in [0.2, 0.25) is 0 Å². The molecule has 2 aliphatic rings. The van der Waals surface area contributed by atoms with Crippen molar-refractivity contribution >= 4 is 5.96 Å². The summed E-state index contributed by atoms with van der Waals surface area (Å²) in [6, 6.07) is 5.03. The molecule has 0 saturated heterocycles. The van der Waals surface area contributed by atoms with Gasteiger partial charge in [0.25, 0.3) is 0 Å².